The highest BCUT2D eigenvalue weighted by Crippen LogP contribution is 2.37. The molecule has 1 saturated heterocycles. The van der Waals surface area contributed by atoms with Gasteiger partial charge in [-0.2, -0.15) is 13.2 Å². The number of β-amino-alcohol motifs (C(OH)–C–C–N with tert-alkyl or cyclic N) is 1. The molecule has 1 N–H and O–H groups in total. The van der Waals surface area contributed by atoms with Crippen LogP contribution in [0.5, 0.6) is 0 Å². The Morgan fingerprint density at radius 1 is 1.19 bits per heavy atom. The van der Waals surface area contributed by atoms with E-state index < -0.39 is 11.7 Å². The monoisotopic (exact) mass is 434 g/mol. The number of aliphatic hydroxyl groups is 1. The van der Waals surface area contributed by atoms with E-state index in [0.717, 1.165) is 6.07 Å². The summed E-state index contributed by atoms with van der Waals surface area (Å²) in [5.74, 6) is -0.312. The highest BCUT2D eigenvalue weighted by Gasteiger charge is 2.34. The lowest BCUT2D eigenvalue weighted by molar-refractivity contribution is -0.137. The number of fused-ring (bicyclic) bond motifs is 1. The van der Waals surface area contributed by atoms with E-state index in [0.29, 0.717) is 43.8 Å². The van der Waals surface area contributed by atoms with Crippen molar-refractivity contribution in [1.29, 1.82) is 0 Å². The lowest BCUT2D eigenvalue weighted by Gasteiger charge is -2.34. The van der Waals surface area contributed by atoms with Crippen LogP contribution in [0.4, 0.5) is 13.2 Å². The molecule has 0 saturated carbocycles. The number of halogens is 3. The molecule has 1 aromatic carbocycles. The maximum absolute atomic E-state index is 13.5. The van der Waals surface area contributed by atoms with Gasteiger partial charge in [-0.1, -0.05) is 23.4 Å². The van der Waals surface area contributed by atoms with Crippen molar-refractivity contribution in [3.05, 3.63) is 47.2 Å². The SMILES string of the molecule is Cc1noc2nc(-c3ccccc3C(F)(F)F)cc(C(=O)N3CCN(CCO)CC3)c12. The van der Waals surface area contributed by atoms with Crippen molar-refractivity contribution in [1.82, 2.24) is 19.9 Å². The van der Waals surface area contributed by atoms with E-state index in [-0.39, 0.29) is 35.0 Å². The lowest BCUT2D eigenvalue weighted by atomic mass is 10.00. The molecule has 10 heteroatoms. The largest absolute Gasteiger partial charge is 0.417 e. The smallest absolute Gasteiger partial charge is 0.395 e. The Hall–Kier alpha value is -2.98. The second-order valence-corrected chi connectivity index (χ2v) is 7.40. The van der Waals surface area contributed by atoms with E-state index in [9.17, 15) is 18.0 Å². The summed E-state index contributed by atoms with van der Waals surface area (Å²) >= 11 is 0. The molecular weight excluding hydrogens is 413 g/mol. The van der Waals surface area contributed by atoms with Gasteiger partial charge in [0.1, 0.15) is 0 Å². The Kier molecular flexibility index (Phi) is 5.67. The zero-order valence-electron chi connectivity index (χ0n) is 16.8. The van der Waals surface area contributed by atoms with Crippen LogP contribution >= 0.6 is 0 Å². The molecular formula is C21H21F3N4O3. The lowest BCUT2D eigenvalue weighted by Crippen LogP contribution is -2.49. The second-order valence-electron chi connectivity index (χ2n) is 7.40. The summed E-state index contributed by atoms with van der Waals surface area (Å²) in [6, 6.07) is 6.49. The molecule has 0 unspecified atom stereocenters. The van der Waals surface area contributed by atoms with Gasteiger partial charge in [-0.3, -0.25) is 9.69 Å². The number of pyridine rings is 1. The molecule has 3 aromatic rings. The summed E-state index contributed by atoms with van der Waals surface area (Å²) in [6.45, 7) is 4.33. The quantitative estimate of drug-likeness (QED) is 0.680. The molecule has 1 fully saturated rings. The summed E-state index contributed by atoms with van der Waals surface area (Å²) in [5, 5.41) is 13.3. The van der Waals surface area contributed by atoms with E-state index >= 15 is 0 Å². The van der Waals surface area contributed by atoms with Crippen LogP contribution in [0.2, 0.25) is 0 Å². The van der Waals surface area contributed by atoms with Crippen molar-refractivity contribution in [2.24, 2.45) is 0 Å². The first-order valence-corrected chi connectivity index (χ1v) is 9.85. The third-order valence-electron chi connectivity index (χ3n) is 5.43. The molecule has 2 aromatic heterocycles. The number of aliphatic hydroxyl groups excluding tert-OH is 1. The molecule has 7 nitrogen and oxygen atoms in total. The predicted octanol–water partition coefficient (Wildman–Crippen LogP) is 2.97. The van der Waals surface area contributed by atoms with E-state index in [4.69, 9.17) is 9.63 Å². The van der Waals surface area contributed by atoms with Gasteiger partial charge in [-0.15, -0.1) is 0 Å². The number of rotatable bonds is 4. The van der Waals surface area contributed by atoms with Gasteiger partial charge in [0.25, 0.3) is 11.6 Å². The van der Waals surface area contributed by atoms with Crippen LogP contribution in [0.1, 0.15) is 21.6 Å². The van der Waals surface area contributed by atoms with Crippen LogP contribution in [-0.2, 0) is 6.18 Å². The van der Waals surface area contributed by atoms with Crippen LogP contribution in [0, 0.1) is 6.92 Å². The van der Waals surface area contributed by atoms with Gasteiger partial charge >= 0.3 is 6.18 Å². The average Bonchev–Trinajstić information content (AvgIpc) is 3.13. The topological polar surface area (TPSA) is 82.7 Å². The number of hydrogen-bond acceptors (Lipinski definition) is 6. The molecule has 31 heavy (non-hydrogen) atoms. The van der Waals surface area contributed by atoms with Gasteiger partial charge < -0.3 is 14.5 Å². The van der Waals surface area contributed by atoms with Crippen LogP contribution in [-0.4, -0.2) is 70.3 Å². The Labute approximate surface area is 176 Å². The number of aromatic nitrogens is 2. The number of nitrogens with zero attached hydrogens (tertiary/aromatic N) is 4. The first kappa shape index (κ1) is 21.3. The van der Waals surface area contributed by atoms with Gasteiger partial charge in [0.15, 0.2) is 0 Å². The number of piperazine rings is 1. The minimum absolute atomic E-state index is 0.00107. The Morgan fingerprint density at radius 2 is 1.90 bits per heavy atom. The minimum atomic E-state index is -4.57. The fraction of sp³-hybridized carbons (Fsp3) is 0.381. The standard InChI is InChI=1S/C21H21F3N4O3/c1-13-18-15(20(30)28-8-6-27(7-9-28)10-11-29)12-17(25-19(18)31-26-13)14-4-2-3-5-16(14)21(22,23)24/h2-5,12,29H,6-11H2,1H3. The van der Waals surface area contributed by atoms with Crippen molar-refractivity contribution in [3.63, 3.8) is 0 Å². The van der Waals surface area contributed by atoms with Crippen molar-refractivity contribution in [3.8, 4) is 11.3 Å². The predicted molar refractivity (Wildman–Crippen MR) is 106 cm³/mol. The fourth-order valence-electron chi connectivity index (χ4n) is 3.84. The number of benzene rings is 1. The van der Waals surface area contributed by atoms with Crippen LogP contribution in [0.3, 0.4) is 0 Å². The van der Waals surface area contributed by atoms with Crippen molar-refractivity contribution >= 4 is 17.0 Å². The fourth-order valence-corrected chi connectivity index (χ4v) is 3.84. The highest BCUT2D eigenvalue weighted by molar-refractivity contribution is 6.07. The Bertz CT molecular complexity index is 1100. The summed E-state index contributed by atoms with van der Waals surface area (Å²) in [6.07, 6.45) is -4.57. The van der Waals surface area contributed by atoms with E-state index in [2.05, 4.69) is 10.1 Å². The van der Waals surface area contributed by atoms with Crippen LogP contribution in [0.15, 0.2) is 34.9 Å². The third-order valence-corrected chi connectivity index (χ3v) is 5.43. The van der Waals surface area contributed by atoms with Crippen molar-refractivity contribution < 1.29 is 27.6 Å². The van der Waals surface area contributed by atoms with Crippen LogP contribution < -0.4 is 0 Å². The molecule has 164 valence electrons. The maximum atomic E-state index is 13.5. The molecule has 0 aliphatic carbocycles. The zero-order valence-corrected chi connectivity index (χ0v) is 16.8. The maximum Gasteiger partial charge on any atom is 0.417 e. The molecule has 0 radical (unpaired) electrons. The molecule has 0 spiro atoms. The molecule has 0 bridgehead atoms. The molecule has 1 aliphatic heterocycles. The number of hydrogen-bond donors (Lipinski definition) is 1. The van der Waals surface area contributed by atoms with Gasteiger partial charge in [0.2, 0.25) is 0 Å². The third kappa shape index (κ3) is 4.13. The number of alkyl halides is 3. The number of carbonyl (C=O) groups excluding carboxylic acids is 1. The number of amides is 1. The Balaban J connectivity index is 1.77. The summed E-state index contributed by atoms with van der Waals surface area (Å²) in [7, 11) is 0. The normalized spacial score (nSPS) is 15.6. The summed E-state index contributed by atoms with van der Waals surface area (Å²) < 4.78 is 45.8. The minimum Gasteiger partial charge on any atom is -0.395 e. The van der Waals surface area contributed by atoms with Crippen LogP contribution in [0.25, 0.3) is 22.4 Å². The van der Waals surface area contributed by atoms with Gasteiger partial charge in [-0.25, -0.2) is 4.98 Å². The second kappa shape index (κ2) is 8.27. The number of carbonyl (C=O) groups is 1. The molecule has 0 atom stereocenters. The molecule has 3 heterocycles. The summed E-state index contributed by atoms with van der Waals surface area (Å²) in [4.78, 5) is 21.3. The van der Waals surface area contributed by atoms with Crippen molar-refractivity contribution in [2.45, 2.75) is 13.1 Å². The first-order chi connectivity index (χ1) is 14.8. The van der Waals surface area contributed by atoms with E-state index in [1.165, 1.54) is 24.3 Å². The van der Waals surface area contributed by atoms with E-state index in [1.54, 1.807) is 11.8 Å². The molecule has 4 rings (SSSR count). The first-order valence-electron chi connectivity index (χ1n) is 9.85. The van der Waals surface area contributed by atoms with E-state index in [1.807, 2.05) is 4.90 Å². The average molecular weight is 434 g/mol. The highest BCUT2D eigenvalue weighted by atomic mass is 19.4. The molecule has 1 amide bonds. The van der Waals surface area contributed by atoms with Gasteiger partial charge in [0.05, 0.1) is 34.5 Å². The molecule has 1 aliphatic rings. The zero-order chi connectivity index (χ0) is 22.2. The van der Waals surface area contributed by atoms with Gasteiger partial charge in [0, 0.05) is 38.3 Å². The van der Waals surface area contributed by atoms with Gasteiger partial charge in [-0.05, 0) is 19.1 Å². The summed E-state index contributed by atoms with van der Waals surface area (Å²) in [5.41, 5.74) is -0.290. The number of aryl methyl sites for hydroxylation is 1. The Morgan fingerprint density at radius 3 is 2.58 bits per heavy atom. The van der Waals surface area contributed by atoms with Crippen molar-refractivity contribution in [2.75, 3.05) is 39.3 Å².